The van der Waals surface area contributed by atoms with E-state index in [1.165, 1.54) is 12.1 Å². The van der Waals surface area contributed by atoms with Crippen LogP contribution in [-0.4, -0.2) is 81.6 Å². The molecule has 11 nitrogen and oxygen atoms in total. The SMILES string of the molecule is C=CCO[C@@]12Oc3ccc(OCc4cccc(C)n4)cc3[C@H]3[C@H](CCCCO)[C@@H](CCCCO)C=C(C(=NOC(C)(C)C)C[C@@H]1N(Cc1ccc(F)cc1)C(=O)OCCCl)[C@H]32. The first-order chi connectivity index (χ1) is 29.4. The number of ether oxygens (including phenoxy) is 4. The van der Waals surface area contributed by atoms with Crippen LogP contribution in [0.5, 0.6) is 11.5 Å². The van der Waals surface area contributed by atoms with Crippen molar-refractivity contribution in [3.8, 4) is 11.5 Å². The highest BCUT2D eigenvalue weighted by Gasteiger charge is 2.65. The molecule has 2 N–H and O–H groups in total. The first-order valence-corrected chi connectivity index (χ1v) is 22.0. The summed E-state index contributed by atoms with van der Waals surface area (Å²) >= 11 is 6.07. The fourth-order valence-electron chi connectivity index (χ4n) is 9.06. The van der Waals surface area contributed by atoms with Crippen molar-refractivity contribution in [2.45, 2.75) is 109 Å². The van der Waals surface area contributed by atoms with E-state index in [1.807, 2.05) is 58.0 Å². The summed E-state index contributed by atoms with van der Waals surface area (Å²) < 4.78 is 40.8. The summed E-state index contributed by atoms with van der Waals surface area (Å²) in [4.78, 5) is 26.9. The zero-order chi connectivity index (χ0) is 43.6. The molecule has 6 rings (SSSR count). The van der Waals surface area contributed by atoms with E-state index >= 15 is 0 Å². The lowest BCUT2D eigenvalue weighted by atomic mass is 9.55. The van der Waals surface area contributed by atoms with Crippen molar-refractivity contribution < 1.29 is 43.2 Å². The molecule has 1 aliphatic heterocycles. The average Bonchev–Trinajstić information content (AvgIpc) is 3.24. The number of aliphatic hydroxyl groups is 2. The summed E-state index contributed by atoms with van der Waals surface area (Å²) in [7, 11) is 0. The van der Waals surface area contributed by atoms with Gasteiger partial charge in [0.2, 0.25) is 5.79 Å². The van der Waals surface area contributed by atoms with E-state index in [0.717, 1.165) is 48.2 Å². The van der Waals surface area contributed by atoms with Gasteiger partial charge in [0.1, 0.15) is 42.2 Å². The third-order valence-electron chi connectivity index (χ3n) is 11.6. The number of allylic oxidation sites excluding steroid dienone is 1. The molecule has 2 aromatic carbocycles. The molecule has 1 aromatic heterocycles. The van der Waals surface area contributed by atoms with Crippen LogP contribution >= 0.6 is 11.6 Å². The van der Waals surface area contributed by atoms with Gasteiger partial charge < -0.3 is 34.0 Å². The summed E-state index contributed by atoms with van der Waals surface area (Å²) in [5.41, 5.74) is 4.20. The Morgan fingerprint density at radius 3 is 2.52 bits per heavy atom. The maximum absolute atomic E-state index is 14.5. The zero-order valence-corrected chi connectivity index (χ0v) is 36.6. The quantitative estimate of drug-likeness (QED) is 0.0494. The van der Waals surface area contributed by atoms with Gasteiger partial charge in [0.25, 0.3) is 0 Å². The van der Waals surface area contributed by atoms with Crippen molar-refractivity contribution in [3.63, 3.8) is 0 Å². The molecule has 1 saturated carbocycles. The van der Waals surface area contributed by atoms with Gasteiger partial charge in [0, 0.05) is 43.4 Å². The van der Waals surface area contributed by atoms with Crippen molar-refractivity contribution in [2.75, 3.05) is 32.3 Å². The molecule has 1 amide bonds. The zero-order valence-electron chi connectivity index (χ0n) is 35.9. The average molecular weight is 862 g/mol. The highest BCUT2D eigenvalue weighted by molar-refractivity contribution is 6.18. The van der Waals surface area contributed by atoms with Gasteiger partial charge in [0.15, 0.2) is 0 Å². The fourth-order valence-corrected chi connectivity index (χ4v) is 9.14. The largest absolute Gasteiger partial charge is 0.487 e. The molecule has 2 aliphatic carbocycles. The molecule has 2 heterocycles. The summed E-state index contributed by atoms with van der Waals surface area (Å²) in [5, 5.41) is 24.7. The van der Waals surface area contributed by atoms with Crippen LogP contribution in [0.1, 0.15) is 94.1 Å². The molecule has 3 aliphatic rings. The molecule has 1 fully saturated rings. The standard InChI is InChI=1S/C48H61ClFN3O8/c1-6-25-59-48-43(53(46(56)57-26-22-49)30-33-16-18-35(50)19-17-33)29-41(52-61-47(3,4)5)39-27-34(13-7-9-23-54)38(15-8-10-24-55)44(45(39)48)40-28-37(20-21-42(40)60-48)58-31-36-14-11-12-32(2)51-36/h6,11-12,14,16-21,27-28,34,38,43-45,54-55H,1,7-10,13,15,22-26,29-31H2,2-5H3/t34-,38+,43-,44+,45+,48+/m0/s1. The molecule has 3 aromatic rings. The molecule has 0 radical (unpaired) electrons. The Balaban J connectivity index is 1.59. The first-order valence-electron chi connectivity index (χ1n) is 21.5. The number of nitrogens with zero attached hydrogens (tertiary/aromatic N) is 3. The van der Waals surface area contributed by atoms with Crippen molar-refractivity contribution in [1.82, 2.24) is 9.88 Å². The number of amides is 1. The van der Waals surface area contributed by atoms with Crippen molar-refractivity contribution >= 4 is 23.4 Å². The molecule has 330 valence electrons. The Morgan fingerprint density at radius 1 is 1.08 bits per heavy atom. The first kappa shape index (κ1) is 46.0. The van der Waals surface area contributed by atoms with Crippen LogP contribution in [0.4, 0.5) is 9.18 Å². The normalized spacial score (nSPS) is 23.6. The molecule has 6 atom stereocenters. The van der Waals surface area contributed by atoms with E-state index < -0.39 is 35.3 Å². The van der Waals surface area contributed by atoms with Crippen molar-refractivity contribution in [3.05, 3.63) is 113 Å². The number of aryl methyl sites for hydroxylation is 1. The monoisotopic (exact) mass is 861 g/mol. The molecule has 61 heavy (non-hydrogen) atoms. The Kier molecular flexibility index (Phi) is 15.9. The van der Waals surface area contributed by atoms with Gasteiger partial charge in [-0.05, 0) is 119 Å². The van der Waals surface area contributed by atoms with Gasteiger partial charge in [-0.25, -0.2) is 9.18 Å². The number of carbonyl (C=O) groups excluding carboxylic acids is 1. The smallest absolute Gasteiger partial charge is 0.410 e. The van der Waals surface area contributed by atoms with Crippen LogP contribution < -0.4 is 9.47 Å². The lowest BCUT2D eigenvalue weighted by Gasteiger charge is -2.60. The minimum Gasteiger partial charge on any atom is -0.487 e. The van der Waals surface area contributed by atoms with Crippen LogP contribution in [-0.2, 0) is 27.5 Å². The molecule has 0 saturated heterocycles. The van der Waals surface area contributed by atoms with E-state index in [4.69, 9.17) is 40.5 Å². The number of benzene rings is 2. The highest BCUT2D eigenvalue weighted by Crippen LogP contribution is 2.62. The second-order valence-electron chi connectivity index (χ2n) is 17.1. The van der Waals surface area contributed by atoms with E-state index in [1.54, 1.807) is 23.1 Å². The number of rotatable bonds is 20. The van der Waals surface area contributed by atoms with E-state index in [2.05, 4.69) is 23.7 Å². The number of unbranched alkanes of at least 4 members (excludes halogenated alkanes) is 2. The fraction of sp³-hybridized carbons (Fsp3) is 0.521. The number of hydrogen-bond donors (Lipinski definition) is 2. The number of pyridine rings is 1. The van der Waals surface area contributed by atoms with Gasteiger partial charge in [-0.3, -0.25) is 9.88 Å². The van der Waals surface area contributed by atoms with E-state index in [9.17, 15) is 19.4 Å². The van der Waals surface area contributed by atoms with Gasteiger partial charge in [-0.1, -0.05) is 48.3 Å². The lowest BCUT2D eigenvalue weighted by molar-refractivity contribution is -0.256. The third-order valence-corrected chi connectivity index (χ3v) is 11.7. The van der Waals surface area contributed by atoms with Crippen LogP contribution in [0.15, 0.2) is 90.1 Å². The maximum Gasteiger partial charge on any atom is 0.410 e. The summed E-state index contributed by atoms with van der Waals surface area (Å²) in [5.74, 6) is -1.34. The highest BCUT2D eigenvalue weighted by atomic mass is 35.5. The topological polar surface area (TPSA) is 132 Å². The molecular weight excluding hydrogens is 801 g/mol. The number of fused-ring (bicyclic) bond motifs is 2. The Morgan fingerprint density at radius 2 is 1.84 bits per heavy atom. The molecular formula is C48H61ClFN3O8. The summed E-state index contributed by atoms with van der Waals surface area (Å²) in [6.45, 7) is 12.3. The molecule has 13 heteroatoms. The Hall–Kier alpha value is -4.49. The second-order valence-corrected chi connectivity index (χ2v) is 17.5. The van der Waals surface area contributed by atoms with E-state index in [0.29, 0.717) is 35.6 Å². The van der Waals surface area contributed by atoms with Crippen LogP contribution in [0.3, 0.4) is 0 Å². The Bertz CT molecular complexity index is 2000. The number of alkyl halides is 1. The molecule has 0 spiro atoms. The second kappa shape index (κ2) is 21.1. The number of aliphatic hydroxyl groups excluding tert-OH is 2. The van der Waals surface area contributed by atoms with Gasteiger partial charge in [-0.2, -0.15) is 0 Å². The number of aromatic nitrogens is 1. The third kappa shape index (κ3) is 11.1. The van der Waals surface area contributed by atoms with Crippen LogP contribution in [0, 0.1) is 30.5 Å². The Labute approximate surface area is 364 Å². The molecule has 0 bridgehead atoms. The number of halogens is 2. The van der Waals surface area contributed by atoms with Crippen LogP contribution in [0.2, 0.25) is 0 Å². The number of hydrogen-bond acceptors (Lipinski definition) is 10. The predicted molar refractivity (Wildman–Crippen MR) is 233 cm³/mol. The van der Waals surface area contributed by atoms with Crippen molar-refractivity contribution in [1.29, 1.82) is 0 Å². The van der Waals surface area contributed by atoms with Gasteiger partial charge in [0.05, 0.1) is 29.8 Å². The maximum atomic E-state index is 14.5. The van der Waals surface area contributed by atoms with Crippen LogP contribution in [0.25, 0.3) is 0 Å². The number of carbonyl (C=O) groups is 1. The summed E-state index contributed by atoms with van der Waals surface area (Å²) in [6, 6.07) is 16.8. The van der Waals surface area contributed by atoms with Crippen molar-refractivity contribution in [2.24, 2.45) is 22.9 Å². The van der Waals surface area contributed by atoms with Gasteiger partial charge in [-0.15, -0.1) is 18.2 Å². The van der Waals surface area contributed by atoms with E-state index in [-0.39, 0.29) is 69.6 Å². The molecule has 0 unspecified atom stereocenters. The number of oxime groups is 1. The lowest BCUT2D eigenvalue weighted by Crippen LogP contribution is -2.70. The minimum atomic E-state index is -1.52. The van der Waals surface area contributed by atoms with Gasteiger partial charge >= 0.3 is 6.09 Å². The minimum absolute atomic E-state index is 0.0133. The summed E-state index contributed by atoms with van der Waals surface area (Å²) in [6.07, 6.45) is 7.94. The predicted octanol–water partition coefficient (Wildman–Crippen LogP) is 9.42.